The summed E-state index contributed by atoms with van der Waals surface area (Å²) >= 11 is 4.96. The topological polar surface area (TPSA) is 63.9 Å². The van der Waals surface area contributed by atoms with E-state index in [1.54, 1.807) is 33.6 Å². The van der Waals surface area contributed by atoms with Gasteiger partial charge in [0.1, 0.15) is 11.4 Å². The van der Waals surface area contributed by atoms with Crippen molar-refractivity contribution in [3.63, 3.8) is 0 Å². The molecule has 0 unspecified atom stereocenters. The van der Waals surface area contributed by atoms with Gasteiger partial charge >= 0.3 is 0 Å². The average molecular weight is 428 g/mol. The summed E-state index contributed by atoms with van der Waals surface area (Å²) in [6.45, 7) is 0.752. The molecular weight excluding hydrogens is 410 g/mol. The smallest absolute Gasteiger partial charge is 0.233 e. The van der Waals surface area contributed by atoms with E-state index in [0.717, 1.165) is 29.0 Å². The number of nitrogens with zero attached hydrogens (tertiary/aromatic N) is 5. The Hall–Kier alpha value is -2.23. The number of hydrogen-bond acceptors (Lipinski definition) is 7. The first kappa shape index (κ1) is 17.8. The molecule has 0 spiro atoms. The van der Waals surface area contributed by atoms with Crippen molar-refractivity contribution in [1.29, 1.82) is 0 Å². The molecule has 4 aromatic heterocycles. The molecule has 5 heterocycles. The van der Waals surface area contributed by atoms with Crippen molar-refractivity contribution in [2.75, 3.05) is 12.3 Å². The maximum absolute atomic E-state index is 13.2. The van der Waals surface area contributed by atoms with Gasteiger partial charge in [-0.25, -0.2) is 9.97 Å². The molecule has 9 heteroatoms. The molecule has 28 heavy (non-hydrogen) atoms. The normalized spacial score (nSPS) is 16.5. The van der Waals surface area contributed by atoms with Crippen LogP contribution in [0, 0.1) is 0 Å². The molecule has 0 fully saturated rings. The van der Waals surface area contributed by atoms with Crippen LogP contribution in [-0.4, -0.2) is 42.9 Å². The van der Waals surface area contributed by atoms with Crippen LogP contribution in [0.2, 0.25) is 0 Å². The van der Waals surface area contributed by atoms with E-state index in [9.17, 15) is 4.79 Å². The van der Waals surface area contributed by atoms with Crippen LogP contribution in [0.15, 0.2) is 46.5 Å². The van der Waals surface area contributed by atoms with Gasteiger partial charge in [-0.3, -0.25) is 9.48 Å². The van der Waals surface area contributed by atoms with Crippen molar-refractivity contribution in [1.82, 2.24) is 24.6 Å². The van der Waals surface area contributed by atoms with Crippen molar-refractivity contribution in [2.45, 2.75) is 17.5 Å². The minimum absolute atomic E-state index is 0.0203. The second kappa shape index (κ2) is 7.31. The summed E-state index contributed by atoms with van der Waals surface area (Å²) in [5, 5.41) is 10.1. The summed E-state index contributed by atoms with van der Waals surface area (Å²) in [5.41, 5.74) is 2.05. The Morgan fingerprint density at radius 2 is 2.21 bits per heavy atom. The van der Waals surface area contributed by atoms with Crippen molar-refractivity contribution >= 4 is 51.4 Å². The third-order valence-corrected chi connectivity index (χ3v) is 7.84. The number of aromatic nitrogens is 4. The van der Waals surface area contributed by atoms with Gasteiger partial charge in [0.2, 0.25) is 5.91 Å². The standard InChI is InChI=1S/C19H17N5OS3/c1-23-18-13(9-22-23)19(21-11-20-18)28-10-16(25)24-6-4-14-12(5-8-27-14)17(24)15-3-2-7-26-15/h2-3,5,7-9,11,17H,4,6,10H2,1H3/t17-/m1/s1. The van der Waals surface area contributed by atoms with Crippen LogP contribution in [0.5, 0.6) is 0 Å². The number of amides is 1. The highest BCUT2D eigenvalue weighted by Gasteiger charge is 2.33. The SMILES string of the molecule is Cn1ncc2c(SCC(=O)N3CCc4sccc4[C@@H]3c3cccs3)ncnc21. The van der Waals surface area contributed by atoms with Crippen molar-refractivity contribution in [2.24, 2.45) is 7.05 Å². The number of thiophene rings is 2. The van der Waals surface area contributed by atoms with E-state index in [2.05, 4.69) is 44.0 Å². The van der Waals surface area contributed by atoms with E-state index < -0.39 is 0 Å². The Morgan fingerprint density at radius 3 is 3.07 bits per heavy atom. The molecular formula is C19H17N5OS3. The molecule has 4 aromatic rings. The molecule has 0 aliphatic carbocycles. The summed E-state index contributed by atoms with van der Waals surface area (Å²) in [7, 11) is 1.85. The number of hydrogen-bond donors (Lipinski definition) is 0. The number of aryl methyl sites for hydroxylation is 1. The Labute approximate surface area is 174 Å². The second-order valence-corrected chi connectivity index (χ2v) is 9.47. The third kappa shape index (κ3) is 3.03. The molecule has 0 radical (unpaired) electrons. The fourth-order valence-electron chi connectivity index (χ4n) is 3.61. The van der Waals surface area contributed by atoms with Crippen molar-refractivity contribution < 1.29 is 4.79 Å². The number of carbonyl (C=O) groups is 1. The summed E-state index contributed by atoms with van der Waals surface area (Å²) in [4.78, 5) is 26.5. The summed E-state index contributed by atoms with van der Waals surface area (Å²) in [6.07, 6.45) is 4.21. The molecule has 0 saturated heterocycles. The first-order chi connectivity index (χ1) is 13.7. The fraction of sp³-hybridized carbons (Fsp3) is 0.263. The van der Waals surface area contributed by atoms with E-state index >= 15 is 0 Å². The van der Waals surface area contributed by atoms with E-state index in [1.165, 1.54) is 33.4 Å². The maximum Gasteiger partial charge on any atom is 0.233 e. The van der Waals surface area contributed by atoms with Gasteiger partial charge in [-0.15, -0.1) is 22.7 Å². The van der Waals surface area contributed by atoms with Crippen LogP contribution >= 0.6 is 34.4 Å². The van der Waals surface area contributed by atoms with Gasteiger partial charge in [-0.1, -0.05) is 17.8 Å². The Kier molecular flexibility index (Phi) is 4.65. The van der Waals surface area contributed by atoms with E-state index in [-0.39, 0.29) is 11.9 Å². The van der Waals surface area contributed by atoms with Crippen LogP contribution < -0.4 is 0 Å². The average Bonchev–Trinajstić information content (AvgIpc) is 3.46. The lowest BCUT2D eigenvalue weighted by Gasteiger charge is -2.35. The molecule has 0 N–H and O–H groups in total. The first-order valence-electron chi connectivity index (χ1n) is 8.87. The molecule has 5 rings (SSSR count). The van der Waals surface area contributed by atoms with Crippen LogP contribution in [-0.2, 0) is 18.3 Å². The van der Waals surface area contributed by atoms with Crippen molar-refractivity contribution in [3.8, 4) is 0 Å². The van der Waals surface area contributed by atoms with E-state index in [0.29, 0.717) is 5.75 Å². The lowest BCUT2D eigenvalue weighted by Crippen LogP contribution is -2.40. The minimum Gasteiger partial charge on any atom is -0.330 e. The lowest BCUT2D eigenvalue weighted by atomic mass is 9.98. The lowest BCUT2D eigenvalue weighted by molar-refractivity contribution is -0.130. The predicted octanol–water partition coefficient (Wildman–Crippen LogP) is 3.75. The Balaban J connectivity index is 1.40. The van der Waals surface area contributed by atoms with Gasteiger partial charge in [0.15, 0.2) is 5.65 Å². The molecule has 0 saturated carbocycles. The van der Waals surface area contributed by atoms with Crippen molar-refractivity contribution in [3.05, 3.63) is 56.8 Å². The fourth-order valence-corrected chi connectivity index (χ4v) is 6.21. The van der Waals surface area contributed by atoms with Crippen LogP contribution in [0.3, 0.4) is 0 Å². The minimum atomic E-state index is 0.0203. The second-order valence-electron chi connectivity index (χ2n) is 6.53. The highest BCUT2D eigenvalue weighted by Crippen LogP contribution is 2.40. The molecule has 1 aliphatic heterocycles. The van der Waals surface area contributed by atoms with Crippen LogP contribution in [0.1, 0.15) is 21.4 Å². The summed E-state index contributed by atoms with van der Waals surface area (Å²) in [5.74, 6) is 0.485. The quantitative estimate of drug-likeness (QED) is 0.367. The molecule has 6 nitrogen and oxygen atoms in total. The van der Waals surface area contributed by atoms with Gasteiger partial charge in [0.05, 0.1) is 23.4 Å². The van der Waals surface area contributed by atoms with Crippen LogP contribution in [0.25, 0.3) is 11.0 Å². The number of rotatable bonds is 4. The third-order valence-electron chi connectivity index (χ3n) is 4.92. The largest absolute Gasteiger partial charge is 0.330 e. The van der Waals surface area contributed by atoms with Gasteiger partial charge in [-0.2, -0.15) is 5.10 Å². The Morgan fingerprint density at radius 1 is 1.29 bits per heavy atom. The zero-order valence-corrected chi connectivity index (χ0v) is 17.6. The monoisotopic (exact) mass is 427 g/mol. The highest BCUT2D eigenvalue weighted by atomic mass is 32.2. The maximum atomic E-state index is 13.2. The summed E-state index contributed by atoms with van der Waals surface area (Å²) < 4.78 is 1.72. The van der Waals surface area contributed by atoms with Gasteiger partial charge in [0, 0.05) is 23.3 Å². The Bertz CT molecular complexity index is 1130. The summed E-state index contributed by atoms with van der Waals surface area (Å²) in [6, 6.07) is 6.37. The zero-order valence-electron chi connectivity index (χ0n) is 15.1. The molecule has 1 atom stereocenters. The van der Waals surface area contributed by atoms with Crippen LogP contribution in [0.4, 0.5) is 0 Å². The van der Waals surface area contributed by atoms with Gasteiger partial charge in [-0.05, 0) is 34.9 Å². The highest BCUT2D eigenvalue weighted by molar-refractivity contribution is 8.00. The molecule has 0 bridgehead atoms. The molecule has 0 aromatic carbocycles. The number of thioether (sulfide) groups is 1. The molecule has 142 valence electrons. The van der Waals surface area contributed by atoms with E-state index in [1.807, 2.05) is 11.9 Å². The number of carbonyl (C=O) groups excluding carboxylic acids is 1. The predicted molar refractivity (Wildman–Crippen MR) is 113 cm³/mol. The first-order valence-corrected chi connectivity index (χ1v) is 11.6. The molecule has 1 aliphatic rings. The van der Waals surface area contributed by atoms with Gasteiger partial charge < -0.3 is 4.90 Å². The number of fused-ring (bicyclic) bond motifs is 2. The zero-order chi connectivity index (χ0) is 19.1. The molecule has 1 amide bonds. The van der Waals surface area contributed by atoms with E-state index in [4.69, 9.17) is 0 Å². The van der Waals surface area contributed by atoms with Gasteiger partial charge in [0.25, 0.3) is 0 Å².